The van der Waals surface area contributed by atoms with E-state index in [1.165, 1.54) is 6.20 Å². The van der Waals surface area contributed by atoms with Crippen molar-refractivity contribution in [2.75, 3.05) is 13.4 Å². The summed E-state index contributed by atoms with van der Waals surface area (Å²) in [6.45, 7) is -0.0892. The molecule has 1 rings (SSSR count). The van der Waals surface area contributed by atoms with Crippen molar-refractivity contribution >= 4 is 46.0 Å². The number of nitro groups is 1. The molecule has 0 aliphatic heterocycles. The summed E-state index contributed by atoms with van der Waals surface area (Å²) in [6.07, 6.45) is 2.09. The smallest absolute Gasteiger partial charge is 0.435 e. The highest BCUT2D eigenvalue weighted by atomic mass is 35.5. The SMILES string of the molecule is COC(=O)N=C(SC)N(Cc1cnc(Cl)s1)[N+](=O)[O-]. The summed E-state index contributed by atoms with van der Waals surface area (Å²) < 4.78 is 4.63. The Morgan fingerprint density at radius 2 is 2.47 bits per heavy atom. The van der Waals surface area contributed by atoms with Crippen LogP contribution in [0.4, 0.5) is 4.79 Å². The average molecular weight is 325 g/mol. The second-order valence-corrected chi connectivity index (χ2v) is 5.41. The van der Waals surface area contributed by atoms with Crippen molar-refractivity contribution in [2.45, 2.75) is 6.54 Å². The third-order valence-corrected chi connectivity index (χ3v) is 3.56. The molecule has 104 valence electrons. The number of amides is 1. The molecular weight excluding hydrogens is 316 g/mol. The van der Waals surface area contributed by atoms with Crippen LogP contribution in [0, 0.1) is 10.1 Å². The zero-order valence-corrected chi connectivity index (χ0v) is 12.3. The van der Waals surface area contributed by atoms with Crippen molar-refractivity contribution in [2.24, 2.45) is 4.99 Å². The number of methoxy groups -OCH3 is 1. The van der Waals surface area contributed by atoms with Crippen molar-refractivity contribution in [1.29, 1.82) is 0 Å². The standard InChI is InChI=1S/C8H9ClN4O4S2/c1-17-8(14)11-7(18-2)12(13(15)16)4-5-3-10-6(9)19-5/h3H,4H2,1-2H3. The lowest BCUT2D eigenvalue weighted by atomic mass is 10.5. The van der Waals surface area contributed by atoms with Crippen molar-refractivity contribution in [3.63, 3.8) is 0 Å². The minimum Gasteiger partial charge on any atom is -0.451 e. The van der Waals surface area contributed by atoms with Gasteiger partial charge in [-0.25, -0.2) is 19.9 Å². The van der Waals surface area contributed by atoms with Crippen LogP contribution < -0.4 is 0 Å². The van der Waals surface area contributed by atoms with Gasteiger partial charge in [-0.2, -0.15) is 0 Å². The molecule has 19 heavy (non-hydrogen) atoms. The van der Waals surface area contributed by atoms with E-state index in [1.54, 1.807) is 6.26 Å². The van der Waals surface area contributed by atoms with Gasteiger partial charge in [0.1, 0.15) is 6.54 Å². The lowest BCUT2D eigenvalue weighted by molar-refractivity contribution is -0.631. The van der Waals surface area contributed by atoms with Gasteiger partial charge in [0.15, 0.2) is 9.50 Å². The maximum atomic E-state index is 11.1. The average Bonchev–Trinajstić information content (AvgIpc) is 2.78. The number of aliphatic imine (C=N–C) groups is 1. The molecule has 0 fully saturated rings. The molecule has 1 aromatic rings. The minimum atomic E-state index is -0.904. The van der Waals surface area contributed by atoms with Gasteiger partial charge in [-0.3, -0.25) is 0 Å². The van der Waals surface area contributed by atoms with Gasteiger partial charge in [-0.15, -0.1) is 16.3 Å². The van der Waals surface area contributed by atoms with Gasteiger partial charge < -0.3 is 4.74 Å². The minimum absolute atomic E-state index is 0.0821. The predicted molar refractivity (Wildman–Crippen MR) is 73.0 cm³/mol. The monoisotopic (exact) mass is 324 g/mol. The molecule has 0 spiro atoms. The van der Waals surface area contributed by atoms with E-state index in [4.69, 9.17) is 11.6 Å². The number of thiazole rings is 1. The molecule has 1 amide bonds. The Kier molecular flexibility index (Phi) is 5.99. The number of hydrogen-bond donors (Lipinski definition) is 0. The number of hydrogen-bond acceptors (Lipinski definition) is 7. The van der Waals surface area contributed by atoms with Crippen LogP contribution in [0.1, 0.15) is 4.88 Å². The van der Waals surface area contributed by atoms with E-state index >= 15 is 0 Å². The summed E-state index contributed by atoms with van der Waals surface area (Å²) in [5.74, 6) is 0. The van der Waals surface area contributed by atoms with Crippen LogP contribution >= 0.6 is 34.7 Å². The van der Waals surface area contributed by atoms with Gasteiger partial charge in [0.2, 0.25) is 5.17 Å². The Morgan fingerprint density at radius 1 is 1.79 bits per heavy atom. The topological polar surface area (TPSA) is 97.9 Å². The fourth-order valence-electron chi connectivity index (χ4n) is 1.03. The molecule has 0 atom stereocenters. The molecule has 0 bridgehead atoms. The van der Waals surface area contributed by atoms with Crippen molar-refractivity contribution in [1.82, 2.24) is 9.99 Å². The van der Waals surface area contributed by atoms with E-state index in [2.05, 4.69) is 14.7 Å². The highest BCUT2D eigenvalue weighted by Crippen LogP contribution is 2.20. The van der Waals surface area contributed by atoms with Crippen molar-refractivity contribution < 1.29 is 14.6 Å². The number of nitrogens with zero attached hydrogens (tertiary/aromatic N) is 4. The van der Waals surface area contributed by atoms with Crippen LogP contribution in [0.25, 0.3) is 0 Å². The first-order valence-electron chi connectivity index (χ1n) is 4.70. The van der Waals surface area contributed by atoms with Crippen molar-refractivity contribution in [3.05, 3.63) is 25.7 Å². The number of halogens is 1. The number of amidine groups is 1. The summed E-state index contributed by atoms with van der Waals surface area (Å²) in [5.41, 5.74) is 0. The van der Waals surface area contributed by atoms with E-state index in [9.17, 15) is 14.9 Å². The molecule has 1 heterocycles. The number of carbonyl (C=O) groups is 1. The van der Waals surface area contributed by atoms with Crippen LogP contribution in [0.2, 0.25) is 4.47 Å². The lowest BCUT2D eigenvalue weighted by Crippen LogP contribution is -2.34. The Labute approximate surface area is 121 Å². The van der Waals surface area contributed by atoms with E-state index < -0.39 is 11.1 Å². The third-order valence-electron chi connectivity index (χ3n) is 1.79. The summed E-state index contributed by atoms with van der Waals surface area (Å²) >= 11 is 7.73. The molecule has 8 nitrogen and oxygen atoms in total. The molecule has 0 aliphatic rings. The molecule has 0 N–H and O–H groups in total. The summed E-state index contributed by atoms with van der Waals surface area (Å²) in [4.78, 5) is 29.9. The van der Waals surface area contributed by atoms with Gasteiger partial charge >= 0.3 is 6.09 Å². The van der Waals surface area contributed by atoms with E-state index in [0.29, 0.717) is 4.88 Å². The van der Waals surface area contributed by atoms with Crippen molar-refractivity contribution in [3.8, 4) is 0 Å². The number of aromatic nitrogens is 1. The van der Waals surface area contributed by atoms with Crippen LogP contribution in [-0.2, 0) is 11.3 Å². The van der Waals surface area contributed by atoms with Crippen LogP contribution in [0.15, 0.2) is 11.2 Å². The molecular formula is C8H9ClN4O4S2. The molecule has 0 radical (unpaired) electrons. The summed E-state index contributed by atoms with van der Waals surface area (Å²) in [6, 6.07) is 0. The Bertz CT molecular complexity index is 507. The molecule has 0 unspecified atom stereocenters. The maximum absolute atomic E-state index is 11.1. The third kappa shape index (κ3) is 4.65. The molecule has 11 heteroatoms. The Hall–Kier alpha value is -1.39. The van der Waals surface area contributed by atoms with E-state index in [-0.39, 0.29) is 16.2 Å². The fourth-order valence-corrected chi connectivity index (χ4v) is 2.50. The Morgan fingerprint density at radius 3 is 2.89 bits per heavy atom. The van der Waals surface area contributed by atoms with E-state index in [1.807, 2.05) is 0 Å². The molecule has 0 saturated carbocycles. The molecule has 0 aromatic carbocycles. The number of hydrazine groups is 1. The first-order chi connectivity index (χ1) is 8.97. The molecule has 0 aliphatic carbocycles. The van der Waals surface area contributed by atoms with Gasteiger partial charge in [-0.05, 0) is 6.26 Å². The number of thioether (sulfide) groups is 1. The fraction of sp³-hybridized carbons (Fsp3) is 0.375. The molecule has 0 saturated heterocycles. The zero-order valence-electron chi connectivity index (χ0n) is 9.90. The van der Waals surface area contributed by atoms with Crippen LogP contribution in [-0.4, -0.2) is 39.7 Å². The zero-order chi connectivity index (χ0) is 14.4. The Balaban J connectivity index is 2.95. The maximum Gasteiger partial charge on any atom is 0.435 e. The number of carbonyl (C=O) groups excluding carboxylic acids is 1. The summed E-state index contributed by atoms with van der Waals surface area (Å²) in [7, 11) is 1.14. The molecule has 1 aromatic heterocycles. The van der Waals surface area contributed by atoms with Gasteiger partial charge in [0.25, 0.3) is 0 Å². The van der Waals surface area contributed by atoms with Crippen LogP contribution in [0.5, 0.6) is 0 Å². The largest absolute Gasteiger partial charge is 0.451 e. The van der Waals surface area contributed by atoms with Crippen LogP contribution in [0.3, 0.4) is 0 Å². The first-order valence-corrected chi connectivity index (χ1v) is 7.12. The summed E-state index contributed by atoms with van der Waals surface area (Å²) in [5, 5.41) is 11.0. The number of ether oxygens (including phenoxy) is 1. The van der Waals surface area contributed by atoms with Gasteiger partial charge in [0.05, 0.1) is 12.0 Å². The highest BCUT2D eigenvalue weighted by Gasteiger charge is 2.24. The quantitative estimate of drug-likeness (QED) is 0.364. The second-order valence-electron chi connectivity index (χ2n) is 2.94. The lowest BCUT2D eigenvalue weighted by Gasteiger charge is -2.12. The number of rotatable bonds is 3. The predicted octanol–water partition coefficient (Wildman–Crippen LogP) is 2.28. The normalized spacial score (nSPS) is 11.2. The van der Waals surface area contributed by atoms with Gasteiger partial charge in [-0.1, -0.05) is 28.4 Å². The first kappa shape index (κ1) is 15.7. The highest BCUT2D eigenvalue weighted by molar-refractivity contribution is 8.13. The van der Waals surface area contributed by atoms with E-state index in [0.717, 1.165) is 35.2 Å². The second kappa shape index (κ2) is 7.26. The van der Waals surface area contributed by atoms with Gasteiger partial charge in [0, 0.05) is 6.20 Å².